The Bertz CT molecular complexity index is 274. The van der Waals surface area contributed by atoms with E-state index >= 15 is 0 Å². The summed E-state index contributed by atoms with van der Waals surface area (Å²) < 4.78 is 11.0. The minimum absolute atomic E-state index is 0.718. The number of hydrogen-bond donors (Lipinski definition) is 1. The van der Waals surface area contributed by atoms with E-state index in [1.54, 1.807) is 6.20 Å². The fraction of sp³-hybridized carbons (Fsp3) is 0.750. The first-order chi connectivity index (χ1) is 7.86. The van der Waals surface area contributed by atoms with Crippen LogP contribution < -0.4 is 5.32 Å². The van der Waals surface area contributed by atoms with Gasteiger partial charge in [0, 0.05) is 26.0 Å². The first kappa shape index (κ1) is 13.2. The van der Waals surface area contributed by atoms with Crippen molar-refractivity contribution in [2.75, 3.05) is 26.3 Å². The van der Waals surface area contributed by atoms with E-state index in [4.69, 9.17) is 9.15 Å². The molecule has 0 saturated carbocycles. The van der Waals surface area contributed by atoms with Crippen LogP contribution in [0, 0.1) is 0 Å². The Morgan fingerprint density at radius 2 is 2.19 bits per heavy atom. The number of rotatable bonds is 9. The number of likely N-dealkylation sites (N-methyl/N-ethyl adjacent to an activating group) is 1. The van der Waals surface area contributed by atoms with E-state index in [0.717, 1.165) is 57.2 Å². The van der Waals surface area contributed by atoms with Gasteiger partial charge in [0.15, 0.2) is 5.89 Å². The van der Waals surface area contributed by atoms with E-state index in [1.165, 1.54) is 0 Å². The average Bonchev–Trinajstić information content (AvgIpc) is 2.73. The molecular weight excluding hydrogens is 204 g/mol. The monoisotopic (exact) mass is 226 g/mol. The molecule has 4 heteroatoms. The number of nitrogens with one attached hydrogen (secondary N) is 1. The van der Waals surface area contributed by atoms with Gasteiger partial charge >= 0.3 is 0 Å². The molecule has 0 saturated heterocycles. The van der Waals surface area contributed by atoms with E-state index in [2.05, 4.69) is 24.1 Å². The van der Waals surface area contributed by atoms with Gasteiger partial charge < -0.3 is 14.5 Å². The summed E-state index contributed by atoms with van der Waals surface area (Å²) in [6, 6.07) is 0. The maximum absolute atomic E-state index is 5.58. The van der Waals surface area contributed by atoms with Gasteiger partial charge in [-0.15, -0.1) is 0 Å². The maximum atomic E-state index is 5.58. The molecule has 16 heavy (non-hydrogen) atoms. The zero-order valence-electron chi connectivity index (χ0n) is 10.3. The van der Waals surface area contributed by atoms with Crippen molar-refractivity contribution >= 4 is 0 Å². The van der Waals surface area contributed by atoms with E-state index in [1.807, 2.05) is 0 Å². The molecule has 1 N–H and O–H groups in total. The lowest BCUT2D eigenvalue weighted by molar-refractivity contribution is 0.134. The van der Waals surface area contributed by atoms with Crippen molar-refractivity contribution in [3.05, 3.63) is 17.8 Å². The van der Waals surface area contributed by atoms with Gasteiger partial charge in [-0.2, -0.15) is 0 Å². The van der Waals surface area contributed by atoms with E-state index in [9.17, 15) is 0 Å². The quantitative estimate of drug-likeness (QED) is 0.652. The number of ether oxygens (including phenoxy) is 1. The third kappa shape index (κ3) is 5.28. The van der Waals surface area contributed by atoms with Crippen molar-refractivity contribution in [3.8, 4) is 0 Å². The zero-order valence-corrected chi connectivity index (χ0v) is 10.3. The van der Waals surface area contributed by atoms with Gasteiger partial charge in [0.1, 0.15) is 5.76 Å². The van der Waals surface area contributed by atoms with Crippen molar-refractivity contribution in [1.82, 2.24) is 10.3 Å². The largest absolute Gasteiger partial charge is 0.446 e. The Hall–Kier alpha value is -0.870. The van der Waals surface area contributed by atoms with Gasteiger partial charge in [-0.05, 0) is 13.0 Å². The molecule has 0 spiro atoms. The molecule has 1 aromatic rings. The molecule has 0 radical (unpaired) electrons. The van der Waals surface area contributed by atoms with Crippen LogP contribution in [0.1, 0.15) is 31.9 Å². The van der Waals surface area contributed by atoms with Crippen molar-refractivity contribution in [3.63, 3.8) is 0 Å². The molecule has 0 amide bonds. The summed E-state index contributed by atoms with van der Waals surface area (Å²) in [6.07, 6.45) is 4.53. The maximum Gasteiger partial charge on any atom is 0.195 e. The molecule has 1 heterocycles. The van der Waals surface area contributed by atoms with Crippen LogP contribution in [0.3, 0.4) is 0 Å². The summed E-state index contributed by atoms with van der Waals surface area (Å²) >= 11 is 0. The lowest BCUT2D eigenvalue weighted by Crippen LogP contribution is -2.16. The first-order valence-electron chi connectivity index (χ1n) is 6.08. The van der Waals surface area contributed by atoms with Crippen molar-refractivity contribution in [2.24, 2.45) is 0 Å². The van der Waals surface area contributed by atoms with Crippen LogP contribution in [0.2, 0.25) is 0 Å². The normalized spacial score (nSPS) is 10.9. The average molecular weight is 226 g/mol. The van der Waals surface area contributed by atoms with Gasteiger partial charge in [-0.25, -0.2) is 4.98 Å². The van der Waals surface area contributed by atoms with Crippen LogP contribution in [0.15, 0.2) is 10.6 Å². The molecular formula is C12H22N2O2. The Morgan fingerprint density at radius 1 is 1.31 bits per heavy atom. The van der Waals surface area contributed by atoms with Crippen molar-refractivity contribution < 1.29 is 9.15 Å². The summed E-state index contributed by atoms with van der Waals surface area (Å²) in [6.45, 7) is 7.64. The first-order valence-corrected chi connectivity index (χ1v) is 6.08. The lowest BCUT2D eigenvalue weighted by Gasteiger charge is -1.99. The Balaban J connectivity index is 2.17. The lowest BCUT2D eigenvalue weighted by atomic mass is 10.4. The number of hydrogen-bond acceptors (Lipinski definition) is 4. The zero-order chi connectivity index (χ0) is 11.6. The fourth-order valence-corrected chi connectivity index (χ4v) is 1.37. The summed E-state index contributed by atoms with van der Waals surface area (Å²) in [5.74, 6) is 1.73. The van der Waals surface area contributed by atoms with Crippen LogP contribution in [0.25, 0.3) is 0 Å². The van der Waals surface area contributed by atoms with E-state index in [0.29, 0.717) is 0 Å². The van der Waals surface area contributed by atoms with Gasteiger partial charge in [-0.3, -0.25) is 0 Å². The van der Waals surface area contributed by atoms with Gasteiger partial charge in [-0.1, -0.05) is 13.8 Å². The molecule has 0 bridgehead atoms. The molecule has 1 rings (SSSR count). The molecule has 0 atom stereocenters. The van der Waals surface area contributed by atoms with Crippen LogP contribution in [0.5, 0.6) is 0 Å². The minimum Gasteiger partial charge on any atom is -0.446 e. The predicted molar refractivity (Wildman–Crippen MR) is 63.6 cm³/mol. The fourth-order valence-electron chi connectivity index (χ4n) is 1.37. The molecule has 0 aliphatic carbocycles. The standard InChI is InChI=1S/C12H22N2O2/c1-3-8-15-9-6-11-10-14-12(16-11)5-7-13-4-2/h10,13H,3-9H2,1-2H3. The van der Waals surface area contributed by atoms with Gasteiger partial charge in [0.25, 0.3) is 0 Å². The molecule has 1 aromatic heterocycles. The Morgan fingerprint density at radius 3 is 2.94 bits per heavy atom. The summed E-state index contributed by atoms with van der Waals surface area (Å²) in [4.78, 5) is 4.22. The summed E-state index contributed by atoms with van der Waals surface area (Å²) in [7, 11) is 0. The van der Waals surface area contributed by atoms with Crippen LogP contribution in [-0.2, 0) is 17.6 Å². The van der Waals surface area contributed by atoms with E-state index in [-0.39, 0.29) is 0 Å². The second-order valence-corrected chi connectivity index (χ2v) is 3.69. The van der Waals surface area contributed by atoms with Gasteiger partial charge in [0.2, 0.25) is 0 Å². The molecule has 4 nitrogen and oxygen atoms in total. The van der Waals surface area contributed by atoms with Crippen molar-refractivity contribution in [2.45, 2.75) is 33.1 Å². The summed E-state index contributed by atoms with van der Waals surface area (Å²) in [5.41, 5.74) is 0. The second-order valence-electron chi connectivity index (χ2n) is 3.69. The smallest absolute Gasteiger partial charge is 0.195 e. The Labute approximate surface area is 97.4 Å². The topological polar surface area (TPSA) is 47.3 Å². The molecule has 0 aromatic carbocycles. The molecule has 0 fully saturated rings. The molecule has 0 aliphatic heterocycles. The highest BCUT2D eigenvalue weighted by Crippen LogP contribution is 2.05. The molecule has 0 aliphatic rings. The summed E-state index contributed by atoms with van der Waals surface area (Å²) in [5, 5.41) is 3.24. The highest BCUT2D eigenvalue weighted by molar-refractivity contribution is 4.94. The van der Waals surface area contributed by atoms with Crippen molar-refractivity contribution in [1.29, 1.82) is 0 Å². The van der Waals surface area contributed by atoms with Crippen LogP contribution in [-0.4, -0.2) is 31.3 Å². The third-order valence-electron chi connectivity index (χ3n) is 2.21. The van der Waals surface area contributed by atoms with Gasteiger partial charge in [0.05, 0.1) is 12.8 Å². The SMILES string of the molecule is CCCOCCc1cnc(CCNCC)o1. The number of aromatic nitrogens is 1. The Kier molecular flexibility index (Phi) is 6.85. The highest BCUT2D eigenvalue weighted by atomic mass is 16.5. The molecule has 92 valence electrons. The predicted octanol–water partition coefficient (Wildman–Crippen LogP) is 1.80. The van der Waals surface area contributed by atoms with Crippen LogP contribution >= 0.6 is 0 Å². The number of oxazole rings is 1. The van der Waals surface area contributed by atoms with E-state index < -0.39 is 0 Å². The number of nitrogens with zero attached hydrogens (tertiary/aromatic N) is 1. The van der Waals surface area contributed by atoms with Crippen LogP contribution in [0.4, 0.5) is 0 Å². The second kappa shape index (κ2) is 8.30. The molecule has 0 unspecified atom stereocenters. The third-order valence-corrected chi connectivity index (χ3v) is 2.21. The highest BCUT2D eigenvalue weighted by Gasteiger charge is 2.03. The minimum atomic E-state index is 0.718.